The Morgan fingerprint density at radius 2 is 1.50 bits per heavy atom. The van der Waals surface area contributed by atoms with E-state index in [1.54, 1.807) is 18.2 Å². The van der Waals surface area contributed by atoms with E-state index in [9.17, 15) is 14.4 Å². The minimum Gasteiger partial charge on any atom is -0.419 e. The predicted molar refractivity (Wildman–Crippen MR) is 150 cm³/mol. The number of carbonyl (C=O) groups excluding carboxylic acids is 3. The molecule has 0 aromatic heterocycles. The van der Waals surface area contributed by atoms with Gasteiger partial charge in [0.25, 0.3) is 0 Å². The second-order valence-electron chi connectivity index (χ2n) is 9.62. The highest BCUT2D eigenvalue weighted by Crippen LogP contribution is 2.38. The fourth-order valence-corrected chi connectivity index (χ4v) is 4.32. The third kappa shape index (κ3) is 6.33. The average molecular weight is 541 g/mol. The van der Waals surface area contributed by atoms with E-state index < -0.39 is 17.8 Å². The second kappa shape index (κ2) is 12.1. The third-order valence-electron chi connectivity index (χ3n) is 6.48. The first kappa shape index (κ1) is 28.4. The van der Waals surface area contributed by atoms with Crippen molar-refractivity contribution in [2.45, 2.75) is 32.8 Å². The van der Waals surface area contributed by atoms with E-state index in [4.69, 9.17) is 14.2 Å². The number of esters is 2. The molecule has 0 spiro atoms. The molecule has 0 amide bonds. The van der Waals surface area contributed by atoms with Gasteiger partial charge in [-0.15, -0.1) is 0 Å². The van der Waals surface area contributed by atoms with Crippen LogP contribution >= 0.6 is 0 Å². The zero-order valence-electron chi connectivity index (χ0n) is 22.4. The Kier molecular flexibility index (Phi) is 8.55. The summed E-state index contributed by atoms with van der Waals surface area (Å²) in [6.45, 7) is 13.6. The van der Waals surface area contributed by atoms with Crippen molar-refractivity contribution >= 4 is 17.7 Å². The smallest absolute Gasteiger partial charge is 0.338 e. The maximum absolute atomic E-state index is 15.4. The molecule has 40 heavy (non-hydrogen) atoms. The van der Waals surface area contributed by atoms with Gasteiger partial charge in [-0.05, 0) is 78.8 Å². The lowest BCUT2D eigenvalue weighted by Gasteiger charge is -2.14. The molecule has 0 saturated heterocycles. The average Bonchev–Trinajstić information content (AvgIpc) is 3.34. The van der Waals surface area contributed by atoms with Crippen LogP contribution in [0.1, 0.15) is 37.5 Å². The van der Waals surface area contributed by atoms with Crippen LogP contribution in [0.3, 0.4) is 0 Å². The monoisotopic (exact) mass is 540 g/mol. The quantitative estimate of drug-likeness (QED) is 0.158. The first-order chi connectivity index (χ1) is 19.1. The van der Waals surface area contributed by atoms with E-state index >= 15 is 4.39 Å². The molecule has 1 aliphatic carbocycles. The van der Waals surface area contributed by atoms with Gasteiger partial charge in [0.05, 0.1) is 6.10 Å². The summed E-state index contributed by atoms with van der Waals surface area (Å²) in [6.07, 6.45) is 2.59. The molecule has 1 unspecified atom stereocenters. The molecule has 6 nitrogen and oxygen atoms in total. The number of benzene rings is 3. The van der Waals surface area contributed by atoms with Crippen molar-refractivity contribution in [3.8, 4) is 33.8 Å². The summed E-state index contributed by atoms with van der Waals surface area (Å²) in [6, 6.07) is 15.2. The van der Waals surface area contributed by atoms with Crippen LogP contribution in [-0.4, -0.2) is 24.3 Å². The van der Waals surface area contributed by atoms with Gasteiger partial charge < -0.3 is 14.2 Å². The Morgan fingerprint density at radius 1 is 0.875 bits per heavy atom. The van der Waals surface area contributed by atoms with Crippen LogP contribution in [0.2, 0.25) is 0 Å². The molecule has 204 valence electrons. The highest BCUT2D eigenvalue weighted by molar-refractivity contribution is 5.91. The number of halogens is 1. The predicted octanol–water partition coefficient (Wildman–Crippen LogP) is 6.88. The minimum atomic E-state index is -0.692. The molecular weight excluding hydrogens is 511 g/mol. The number of hydrogen-bond donors (Lipinski definition) is 0. The van der Waals surface area contributed by atoms with E-state index in [-0.39, 0.29) is 41.1 Å². The molecular formula is C33H29FO6. The molecule has 0 heterocycles. The van der Waals surface area contributed by atoms with Crippen molar-refractivity contribution in [2.75, 3.05) is 6.61 Å². The highest BCUT2D eigenvalue weighted by atomic mass is 19.1. The fourth-order valence-electron chi connectivity index (χ4n) is 4.32. The molecule has 3 aromatic rings. The number of ketones is 1. The van der Waals surface area contributed by atoms with Gasteiger partial charge in [-0.2, -0.15) is 0 Å². The van der Waals surface area contributed by atoms with Crippen LogP contribution in [0.15, 0.2) is 91.6 Å². The largest absolute Gasteiger partial charge is 0.419 e. The van der Waals surface area contributed by atoms with Gasteiger partial charge in [-0.3, -0.25) is 4.79 Å². The van der Waals surface area contributed by atoms with Crippen LogP contribution in [0.5, 0.6) is 11.5 Å². The summed E-state index contributed by atoms with van der Waals surface area (Å²) >= 11 is 0. The fraction of sp³-hybridized carbons (Fsp3) is 0.182. The lowest BCUT2D eigenvalue weighted by molar-refractivity contribution is -0.132. The zero-order chi connectivity index (χ0) is 29.0. The van der Waals surface area contributed by atoms with Crippen molar-refractivity contribution in [2.24, 2.45) is 0 Å². The first-order valence-corrected chi connectivity index (χ1v) is 12.7. The molecule has 1 aliphatic rings. The lowest BCUT2D eigenvalue weighted by atomic mass is 9.97. The van der Waals surface area contributed by atoms with E-state index in [1.807, 2.05) is 18.2 Å². The zero-order valence-corrected chi connectivity index (χ0v) is 22.4. The van der Waals surface area contributed by atoms with Gasteiger partial charge in [0.15, 0.2) is 17.3 Å². The molecule has 7 heteroatoms. The normalized spacial score (nSPS) is 13.7. The molecule has 1 atom stereocenters. The molecule has 0 N–H and O–H groups in total. The standard InChI is InChI=1S/C33H29FO6/c1-6-25(35)18-38-29-13-10-24-15-23(8-12-27(24)29)26-11-7-21(16-28(26)34)22-9-14-30(39-32(36)19(2)3)31(17-22)40-33(37)20(4)5/h6-9,11-12,14-17,29H,1-2,4,10,13,18H2,3,5H3. The number of fused-ring (bicyclic) bond motifs is 1. The number of carbonyl (C=O) groups is 3. The van der Waals surface area contributed by atoms with Crippen molar-refractivity contribution in [3.05, 3.63) is 109 Å². The van der Waals surface area contributed by atoms with Gasteiger partial charge in [0.1, 0.15) is 12.4 Å². The Labute approximate surface area is 232 Å². The van der Waals surface area contributed by atoms with Gasteiger partial charge in [-0.25, -0.2) is 14.0 Å². The number of ether oxygens (including phenoxy) is 3. The summed E-state index contributed by atoms with van der Waals surface area (Å²) in [5, 5.41) is 0. The van der Waals surface area contributed by atoms with Crippen LogP contribution in [0.4, 0.5) is 4.39 Å². The SMILES string of the molecule is C=CC(=O)COC1CCc2cc(-c3ccc(-c4ccc(OC(=O)C(=C)C)c(OC(=O)C(=C)C)c4)cc3F)ccc21. The maximum Gasteiger partial charge on any atom is 0.338 e. The van der Waals surface area contributed by atoms with Gasteiger partial charge in [0.2, 0.25) is 0 Å². The summed E-state index contributed by atoms with van der Waals surface area (Å²) in [7, 11) is 0. The third-order valence-corrected chi connectivity index (χ3v) is 6.48. The van der Waals surface area contributed by atoms with Gasteiger partial charge in [0, 0.05) is 16.7 Å². The Hall–Kier alpha value is -4.62. The van der Waals surface area contributed by atoms with E-state index in [1.165, 1.54) is 38.1 Å². The number of aryl methyl sites for hydroxylation is 1. The van der Waals surface area contributed by atoms with Crippen LogP contribution in [0, 0.1) is 5.82 Å². The Bertz CT molecular complexity index is 1550. The minimum absolute atomic E-state index is 0.00484. The molecule has 0 saturated carbocycles. The first-order valence-electron chi connectivity index (χ1n) is 12.7. The van der Waals surface area contributed by atoms with Crippen LogP contribution < -0.4 is 9.47 Å². The molecule has 4 rings (SSSR count). The van der Waals surface area contributed by atoms with Crippen LogP contribution in [0.25, 0.3) is 22.3 Å². The summed E-state index contributed by atoms with van der Waals surface area (Å²) < 4.78 is 31.8. The van der Waals surface area contributed by atoms with Crippen LogP contribution in [-0.2, 0) is 25.5 Å². The molecule has 0 fully saturated rings. The lowest BCUT2D eigenvalue weighted by Crippen LogP contribution is -2.12. The second-order valence-corrected chi connectivity index (χ2v) is 9.62. The molecule has 0 aliphatic heterocycles. The summed E-state index contributed by atoms with van der Waals surface area (Å²) in [5.74, 6) is -1.95. The Morgan fingerprint density at radius 3 is 2.15 bits per heavy atom. The van der Waals surface area contributed by atoms with E-state index in [0.717, 1.165) is 29.5 Å². The highest BCUT2D eigenvalue weighted by Gasteiger charge is 2.24. The topological polar surface area (TPSA) is 78.9 Å². The van der Waals surface area contributed by atoms with Crippen molar-refractivity contribution in [3.63, 3.8) is 0 Å². The van der Waals surface area contributed by atoms with Gasteiger partial charge in [-0.1, -0.05) is 56.1 Å². The van der Waals surface area contributed by atoms with Crippen molar-refractivity contribution in [1.29, 1.82) is 0 Å². The van der Waals surface area contributed by atoms with Crippen molar-refractivity contribution in [1.82, 2.24) is 0 Å². The molecule has 3 aromatic carbocycles. The summed E-state index contributed by atoms with van der Waals surface area (Å²) in [5.41, 5.74) is 4.64. The van der Waals surface area contributed by atoms with Gasteiger partial charge >= 0.3 is 11.9 Å². The van der Waals surface area contributed by atoms with Crippen molar-refractivity contribution < 1.29 is 33.0 Å². The number of rotatable bonds is 10. The van der Waals surface area contributed by atoms with E-state index in [0.29, 0.717) is 16.7 Å². The maximum atomic E-state index is 15.4. The molecule has 0 bridgehead atoms. The number of hydrogen-bond acceptors (Lipinski definition) is 6. The Balaban J connectivity index is 1.60. The summed E-state index contributed by atoms with van der Waals surface area (Å²) in [4.78, 5) is 35.8. The van der Waals surface area contributed by atoms with E-state index in [2.05, 4.69) is 19.7 Å². The molecule has 0 radical (unpaired) electrons.